The largest absolute Gasteiger partial charge is 0.389 e. The maximum absolute atomic E-state index is 5.81. The number of thiocarbonyl (C=S) groups is 1. The van der Waals surface area contributed by atoms with Gasteiger partial charge in [-0.3, -0.25) is 4.90 Å². The molecule has 1 heterocycles. The zero-order chi connectivity index (χ0) is 13.9. The molecule has 0 saturated carbocycles. The van der Waals surface area contributed by atoms with Crippen molar-refractivity contribution in [1.29, 1.82) is 0 Å². The maximum atomic E-state index is 5.81. The second-order valence-electron chi connectivity index (χ2n) is 5.25. The number of benzene rings is 2. The summed E-state index contributed by atoms with van der Waals surface area (Å²) in [5.41, 5.74) is 10.9. The minimum atomic E-state index is 0.484. The fourth-order valence-electron chi connectivity index (χ4n) is 2.83. The van der Waals surface area contributed by atoms with Crippen molar-refractivity contribution in [1.82, 2.24) is 4.90 Å². The van der Waals surface area contributed by atoms with Gasteiger partial charge in [-0.2, -0.15) is 0 Å². The Bertz CT molecular complexity index is 636. The quantitative estimate of drug-likeness (QED) is 0.878. The molecule has 0 atom stereocenters. The third kappa shape index (κ3) is 2.74. The Morgan fingerprint density at radius 3 is 2.55 bits per heavy atom. The van der Waals surface area contributed by atoms with E-state index < -0.39 is 0 Å². The predicted molar refractivity (Wildman–Crippen MR) is 86.6 cm³/mol. The third-order valence-corrected chi connectivity index (χ3v) is 4.11. The summed E-state index contributed by atoms with van der Waals surface area (Å²) >= 11 is 5.14. The Kier molecular flexibility index (Phi) is 3.81. The lowest BCUT2D eigenvalue weighted by Crippen LogP contribution is -2.30. The minimum absolute atomic E-state index is 0.484. The number of hydrogen-bond acceptors (Lipinski definition) is 2. The first-order chi connectivity index (χ1) is 9.74. The van der Waals surface area contributed by atoms with Crippen LogP contribution in [0.1, 0.15) is 22.3 Å². The molecule has 102 valence electrons. The topological polar surface area (TPSA) is 29.3 Å². The van der Waals surface area contributed by atoms with Crippen LogP contribution in [-0.2, 0) is 19.5 Å². The van der Waals surface area contributed by atoms with Gasteiger partial charge in [0.1, 0.15) is 4.99 Å². The highest BCUT2D eigenvalue weighted by Crippen LogP contribution is 2.21. The van der Waals surface area contributed by atoms with E-state index in [2.05, 4.69) is 41.3 Å². The monoisotopic (exact) mass is 282 g/mol. The Morgan fingerprint density at radius 1 is 1.05 bits per heavy atom. The van der Waals surface area contributed by atoms with Crippen molar-refractivity contribution >= 4 is 17.2 Å². The molecule has 0 fully saturated rings. The predicted octanol–water partition coefficient (Wildman–Crippen LogP) is 2.88. The molecule has 20 heavy (non-hydrogen) atoms. The van der Waals surface area contributed by atoms with Gasteiger partial charge in [-0.1, -0.05) is 60.7 Å². The summed E-state index contributed by atoms with van der Waals surface area (Å²) in [7, 11) is 0. The van der Waals surface area contributed by atoms with Crippen molar-refractivity contribution in [3.63, 3.8) is 0 Å². The van der Waals surface area contributed by atoms with Gasteiger partial charge in [-0.25, -0.2) is 0 Å². The van der Waals surface area contributed by atoms with Crippen LogP contribution in [0.4, 0.5) is 0 Å². The van der Waals surface area contributed by atoms with E-state index in [1.54, 1.807) is 0 Å². The second kappa shape index (κ2) is 5.73. The van der Waals surface area contributed by atoms with E-state index in [1.165, 1.54) is 16.7 Å². The number of rotatable bonds is 3. The molecule has 2 N–H and O–H groups in total. The van der Waals surface area contributed by atoms with Gasteiger partial charge in [-0.05, 0) is 23.1 Å². The van der Waals surface area contributed by atoms with Crippen LogP contribution in [0.3, 0.4) is 0 Å². The summed E-state index contributed by atoms with van der Waals surface area (Å²) in [5, 5.41) is 0. The van der Waals surface area contributed by atoms with Gasteiger partial charge in [0.15, 0.2) is 0 Å². The summed E-state index contributed by atoms with van der Waals surface area (Å²) in [6.45, 7) is 2.99. The lowest BCUT2D eigenvalue weighted by Gasteiger charge is -2.29. The molecule has 1 aliphatic heterocycles. The lowest BCUT2D eigenvalue weighted by molar-refractivity contribution is 0.245. The van der Waals surface area contributed by atoms with Crippen LogP contribution < -0.4 is 5.73 Å². The molecule has 0 spiro atoms. The first-order valence-electron chi connectivity index (χ1n) is 6.91. The summed E-state index contributed by atoms with van der Waals surface area (Å²) in [6, 6.07) is 16.9. The van der Waals surface area contributed by atoms with E-state index in [0.717, 1.165) is 31.6 Å². The van der Waals surface area contributed by atoms with Crippen molar-refractivity contribution in [3.8, 4) is 0 Å². The van der Waals surface area contributed by atoms with Gasteiger partial charge >= 0.3 is 0 Å². The minimum Gasteiger partial charge on any atom is -0.389 e. The Labute approximate surface area is 125 Å². The molecular weight excluding hydrogens is 264 g/mol. The number of nitrogens with two attached hydrogens (primary N) is 1. The molecule has 0 bridgehead atoms. The average Bonchev–Trinajstić information content (AvgIpc) is 2.47. The van der Waals surface area contributed by atoms with Gasteiger partial charge in [-0.15, -0.1) is 0 Å². The van der Waals surface area contributed by atoms with E-state index in [0.29, 0.717) is 4.99 Å². The van der Waals surface area contributed by atoms with Crippen LogP contribution in [0, 0.1) is 0 Å². The normalized spacial score (nSPS) is 14.8. The van der Waals surface area contributed by atoms with Gasteiger partial charge in [0.05, 0.1) is 0 Å². The average molecular weight is 282 g/mol. The number of hydrogen-bond donors (Lipinski definition) is 1. The zero-order valence-corrected chi connectivity index (χ0v) is 12.2. The molecule has 0 radical (unpaired) electrons. The SMILES string of the molecule is NC(=S)c1ccccc1CN1CCc2ccccc2C1. The van der Waals surface area contributed by atoms with E-state index in [1.807, 2.05) is 12.1 Å². The Morgan fingerprint density at radius 2 is 1.75 bits per heavy atom. The highest BCUT2D eigenvalue weighted by atomic mass is 32.1. The van der Waals surface area contributed by atoms with Gasteiger partial charge in [0, 0.05) is 25.2 Å². The first-order valence-corrected chi connectivity index (χ1v) is 7.32. The molecule has 3 rings (SSSR count). The first kappa shape index (κ1) is 13.3. The molecule has 2 aromatic carbocycles. The summed E-state index contributed by atoms with van der Waals surface area (Å²) < 4.78 is 0. The Balaban J connectivity index is 1.79. The molecule has 0 aromatic heterocycles. The van der Waals surface area contributed by atoms with Crippen molar-refractivity contribution < 1.29 is 0 Å². The van der Waals surface area contributed by atoms with Gasteiger partial charge < -0.3 is 5.73 Å². The highest BCUT2D eigenvalue weighted by Gasteiger charge is 2.17. The van der Waals surface area contributed by atoms with Crippen molar-refractivity contribution in [3.05, 3.63) is 70.8 Å². The smallest absolute Gasteiger partial charge is 0.104 e. The van der Waals surface area contributed by atoms with Crippen LogP contribution in [-0.4, -0.2) is 16.4 Å². The molecule has 2 nitrogen and oxygen atoms in total. The van der Waals surface area contributed by atoms with E-state index in [-0.39, 0.29) is 0 Å². The standard InChI is InChI=1S/C17H18N2S/c18-17(20)16-8-4-3-7-15(16)12-19-10-9-13-5-1-2-6-14(13)11-19/h1-8H,9-12H2,(H2,18,20). The summed E-state index contributed by atoms with van der Waals surface area (Å²) in [4.78, 5) is 2.94. The van der Waals surface area contributed by atoms with Crippen LogP contribution in [0.2, 0.25) is 0 Å². The second-order valence-corrected chi connectivity index (χ2v) is 5.69. The van der Waals surface area contributed by atoms with Crippen LogP contribution in [0.5, 0.6) is 0 Å². The molecular formula is C17H18N2S. The van der Waals surface area contributed by atoms with E-state index >= 15 is 0 Å². The summed E-state index contributed by atoms with van der Waals surface area (Å²) in [6.07, 6.45) is 1.12. The molecule has 0 aliphatic carbocycles. The van der Waals surface area contributed by atoms with Crippen LogP contribution in [0.15, 0.2) is 48.5 Å². The molecule has 0 saturated heterocycles. The summed E-state index contributed by atoms with van der Waals surface area (Å²) in [5.74, 6) is 0. The Hall–Kier alpha value is -1.71. The van der Waals surface area contributed by atoms with E-state index in [9.17, 15) is 0 Å². The van der Waals surface area contributed by atoms with Crippen LogP contribution >= 0.6 is 12.2 Å². The molecule has 2 aromatic rings. The van der Waals surface area contributed by atoms with Crippen LogP contribution in [0.25, 0.3) is 0 Å². The highest BCUT2D eigenvalue weighted by molar-refractivity contribution is 7.80. The molecule has 0 unspecified atom stereocenters. The lowest BCUT2D eigenvalue weighted by atomic mass is 9.99. The molecule has 0 amide bonds. The number of fused-ring (bicyclic) bond motifs is 1. The fraction of sp³-hybridized carbons (Fsp3) is 0.235. The van der Waals surface area contributed by atoms with Crippen molar-refractivity contribution in [2.75, 3.05) is 6.54 Å². The molecule has 1 aliphatic rings. The molecule has 3 heteroatoms. The van der Waals surface area contributed by atoms with Crippen molar-refractivity contribution in [2.45, 2.75) is 19.5 Å². The fourth-order valence-corrected chi connectivity index (χ4v) is 3.03. The van der Waals surface area contributed by atoms with Crippen molar-refractivity contribution in [2.24, 2.45) is 5.73 Å². The number of nitrogens with zero attached hydrogens (tertiary/aromatic N) is 1. The third-order valence-electron chi connectivity index (χ3n) is 3.89. The van der Waals surface area contributed by atoms with Gasteiger partial charge in [0.2, 0.25) is 0 Å². The maximum Gasteiger partial charge on any atom is 0.104 e. The zero-order valence-electron chi connectivity index (χ0n) is 11.4. The van der Waals surface area contributed by atoms with E-state index in [4.69, 9.17) is 18.0 Å². The van der Waals surface area contributed by atoms with Gasteiger partial charge in [0.25, 0.3) is 0 Å².